The number of hydrogen-bond donors (Lipinski definition) is 2. The molecule has 0 aromatic heterocycles. The number of allylic oxidation sites excluding steroid dienone is 2. The minimum atomic E-state index is -0.934. The van der Waals surface area contributed by atoms with Crippen LogP contribution >= 0.6 is 0 Å². The lowest BCUT2D eigenvalue weighted by molar-refractivity contribution is -0.137. The number of anilines is 1. The van der Waals surface area contributed by atoms with Gasteiger partial charge in [0.15, 0.2) is 0 Å². The van der Waals surface area contributed by atoms with E-state index in [0.29, 0.717) is 17.4 Å². The molecular formula is C25H27F2NO6. The zero-order chi connectivity index (χ0) is 24.9. The Morgan fingerprint density at radius 2 is 1.85 bits per heavy atom. The topological polar surface area (TPSA) is 94.1 Å². The zero-order valence-corrected chi connectivity index (χ0v) is 18.9. The number of benzene rings is 2. The molecule has 2 atom stereocenters. The second-order valence-corrected chi connectivity index (χ2v) is 7.07. The van der Waals surface area contributed by atoms with E-state index in [9.17, 15) is 18.4 Å². The Labute approximate surface area is 196 Å². The van der Waals surface area contributed by atoms with E-state index in [0.717, 1.165) is 12.1 Å². The van der Waals surface area contributed by atoms with Crippen LogP contribution in [-0.4, -0.2) is 37.0 Å². The molecule has 0 spiro atoms. The summed E-state index contributed by atoms with van der Waals surface area (Å²) in [7, 11) is 0. The van der Waals surface area contributed by atoms with E-state index >= 15 is 0 Å². The average molecular weight is 475 g/mol. The first-order valence-corrected chi connectivity index (χ1v) is 10.6. The molecule has 0 aliphatic rings. The number of nitrogens with one attached hydrogen (secondary N) is 1. The van der Waals surface area contributed by atoms with Crippen molar-refractivity contribution in [1.29, 1.82) is 0 Å². The summed E-state index contributed by atoms with van der Waals surface area (Å²) in [6.07, 6.45) is 4.39. The van der Waals surface area contributed by atoms with E-state index < -0.39 is 29.8 Å². The highest BCUT2D eigenvalue weighted by molar-refractivity contribution is 5.85. The average Bonchev–Trinajstić information content (AvgIpc) is 2.81. The summed E-state index contributed by atoms with van der Waals surface area (Å²) in [5.41, 5.74) is 0.399. The summed E-state index contributed by atoms with van der Waals surface area (Å²) in [6.45, 7) is 3.77. The van der Waals surface area contributed by atoms with Gasteiger partial charge in [0.2, 0.25) is 0 Å². The molecule has 0 fully saturated rings. The van der Waals surface area contributed by atoms with Crippen LogP contribution < -0.4 is 10.1 Å². The van der Waals surface area contributed by atoms with Crippen molar-refractivity contribution in [3.8, 4) is 5.75 Å². The Hall–Kier alpha value is -3.72. The van der Waals surface area contributed by atoms with E-state index in [-0.39, 0.29) is 31.4 Å². The Balaban J connectivity index is 2.18. The van der Waals surface area contributed by atoms with E-state index in [2.05, 4.69) is 5.32 Å². The van der Waals surface area contributed by atoms with Crippen LogP contribution in [0.3, 0.4) is 0 Å². The molecule has 182 valence electrons. The smallest absolute Gasteiger partial charge is 0.412 e. The van der Waals surface area contributed by atoms with Crippen LogP contribution in [0.4, 0.5) is 19.3 Å². The summed E-state index contributed by atoms with van der Waals surface area (Å²) in [5.74, 6) is -2.02. The van der Waals surface area contributed by atoms with Crippen molar-refractivity contribution in [3.05, 3.63) is 84.0 Å². The highest BCUT2D eigenvalue weighted by Gasteiger charge is 2.23. The summed E-state index contributed by atoms with van der Waals surface area (Å²) in [6, 6.07) is 9.48. The third-order valence-corrected chi connectivity index (χ3v) is 4.49. The number of aliphatic hydroxyl groups is 1. The number of ether oxygens (including phenoxy) is 3. The molecule has 0 radical (unpaired) electrons. The van der Waals surface area contributed by atoms with Crippen molar-refractivity contribution in [3.63, 3.8) is 0 Å². The predicted molar refractivity (Wildman–Crippen MR) is 122 cm³/mol. The summed E-state index contributed by atoms with van der Waals surface area (Å²) < 4.78 is 42.8. The van der Waals surface area contributed by atoms with Gasteiger partial charge in [-0.1, -0.05) is 37.3 Å². The number of carbonyl (C=O) groups is 2. The molecule has 0 saturated heterocycles. The Kier molecular flexibility index (Phi) is 10.7. The van der Waals surface area contributed by atoms with Gasteiger partial charge >= 0.3 is 12.1 Å². The number of hydrogen-bond acceptors (Lipinski definition) is 6. The number of aliphatic hydroxyl groups excluding tert-OH is 1. The minimum absolute atomic E-state index is 0.130. The van der Waals surface area contributed by atoms with Crippen LogP contribution in [0, 0.1) is 17.6 Å². The molecule has 9 heteroatoms. The Morgan fingerprint density at radius 1 is 1.12 bits per heavy atom. The van der Waals surface area contributed by atoms with Crippen molar-refractivity contribution in [2.24, 2.45) is 5.92 Å². The van der Waals surface area contributed by atoms with E-state index in [1.807, 2.05) is 0 Å². The maximum Gasteiger partial charge on any atom is 0.412 e. The largest absolute Gasteiger partial charge is 0.491 e. The maximum absolute atomic E-state index is 13.9. The van der Waals surface area contributed by atoms with Crippen LogP contribution in [0.25, 0.3) is 0 Å². The van der Waals surface area contributed by atoms with Crippen molar-refractivity contribution in [1.82, 2.24) is 0 Å². The first-order chi connectivity index (χ1) is 16.3. The van der Waals surface area contributed by atoms with E-state index in [4.69, 9.17) is 19.3 Å². The molecule has 7 nitrogen and oxygen atoms in total. The number of halogens is 2. The normalized spacial score (nSPS) is 13.0. The monoisotopic (exact) mass is 475 g/mol. The third-order valence-electron chi connectivity index (χ3n) is 4.49. The van der Waals surface area contributed by atoms with Crippen LogP contribution in [0.1, 0.15) is 25.5 Å². The molecule has 0 bridgehead atoms. The number of carbonyl (C=O) groups excluding carboxylic acids is 2. The van der Waals surface area contributed by atoms with Gasteiger partial charge in [0, 0.05) is 18.1 Å². The fourth-order valence-corrected chi connectivity index (χ4v) is 2.91. The molecule has 0 saturated carbocycles. The molecule has 2 N–H and O–H groups in total. The molecule has 0 aliphatic carbocycles. The zero-order valence-electron chi connectivity index (χ0n) is 18.9. The molecule has 2 rings (SSSR count). The van der Waals surface area contributed by atoms with Gasteiger partial charge in [-0.25, -0.2) is 18.4 Å². The minimum Gasteiger partial charge on any atom is -0.491 e. The van der Waals surface area contributed by atoms with Gasteiger partial charge in [-0.2, -0.15) is 0 Å². The SMILES string of the molecule is CCOC(=O)/C=C/C=C/[C@@H](C)[C@H](OC(=O)Nc1ccc(F)cc1F)c1ccc(OCCO)cc1. The molecule has 34 heavy (non-hydrogen) atoms. The molecule has 0 unspecified atom stereocenters. The number of amides is 1. The standard InChI is InChI=1S/C25H27F2NO6/c1-3-32-23(30)7-5-4-6-17(2)24(18-8-11-20(12-9-18)33-15-14-29)34-25(31)28-22-13-10-19(26)16-21(22)27/h4-13,16-17,24,29H,3,14-15H2,1-2H3,(H,28,31)/b6-4+,7-5+/t17-,24+/m1/s1. The van der Waals surface area contributed by atoms with Crippen LogP contribution in [0.2, 0.25) is 0 Å². The van der Waals surface area contributed by atoms with Crippen LogP contribution in [0.15, 0.2) is 66.8 Å². The number of esters is 1. The Morgan fingerprint density at radius 3 is 2.50 bits per heavy atom. The summed E-state index contributed by atoms with van der Waals surface area (Å²) in [5, 5.41) is 11.2. The highest BCUT2D eigenvalue weighted by Crippen LogP contribution is 2.29. The van der Waals surface area contributed by atoms with Crippen molar-refractivity contribution in [2.75, 3.05) is 25.1 Å². The van der Waals surface area contributed by atoms with E-state index in [1.54, 1.807) is 50.3 Å². The third kappa shape index (κ3) is 8.67. The van der Waals surface area contributed by atoms with Gasteiger partial charge < -0.3 is 19.3 Å². The van der Waals surface area contributed by atoms with E-state index in [1.165, 1.54) is 12.2 Å². The molecule has 1 amide bonds. The van der Waals surface area contributed by atoms with Crippen molar-refractivity contribution in [2.45, 2.75) is 20.0 Å². The van der Waals surface area contributed by atoms with Crippen molar-refractivity contribution < 1.29 is 37.7 Å². The number of rotatable bonds is 11. The van der Waals surface area contributed by atoms with Gasteiger partial charge in [-0.15, -0.1) is 0 Å². The quantitative estimate of drug-likeness (QED) is 0.272. The summed E-state index contributed by atoms with van der Waals surface area (Å²) in [4.78, 5) is 23.9. The fraction of sp³-hybridized carbons (Fsp3) is 0.280. The van der Waals surface area contributed by atoms with Gasteiger partial charge in [0.1, 0.15) is 30.1 Å². The van der Waals surface area contributed by atoms with Crippen LogP contribution in [0.5, 0.6) is 5.75 Å². The van der Waals surface area contributed by atoms with Gasteiger partial charge in [-0.3, -0.25) is 5.32 Å². The first-order valence-electron chi connectivity index (χ1n) is 10.6. The second-order valence-electron chi connectivity index (χ2n) is 7.07. The summed E-state index contributed by atoms with van der Waals surface area (Å²) >= 11 is 0. The first kappa shape index (κ1) is 26.5. The maximum atomic E-state index is 13.9. The van der Waals surface area contributed by atoms with Gasteiger partial charge in [-0.05, 0) is 36.8 Å². The van der Waals surface area contributed by atoms with Gasteiger partial charge in [0.05, 0.1) is 18.9 Å². The lowest BCUT2D eigenvalue weighted by Crippen LogP contribution is -2.21. The Bertz CT molecular complexity index is 1010. The fourth-order valence-electron chi connectivity index (χ4n) is 2.91. The molecule has 0 heterocycles. The second kappa shape index (κ2) is 13.7. The highest BCUT2D eigenvalue weighted by atomic mass is 19.1. The van der Waals surface area contributed by atoms with Crippen molar-refractivity contribution >= 4 is 17.7 Å². The molecule has 2 aromatic carbocycles. The van der Waals surface area contributed by atoms with Crippen LogP contribution in [-0.2, 0) is 14.3 Å². The molecule has 0 aliphatic heterocycles. The molecule has 2 aromatic rings. The lowest BCUT2D eigenvalue weighted by atomic mass is 9.96. The van der Waals surface area contributed by atoms with Gasteiger partial charge in [0.25, 0.3) is 0 Å². The molecular weight excluding hydrogens is 448 g/mol. The predicted octanol–water partition coefficient (Wildman–Crippen LogP) is 4.94. The lowest BCUT2D eigenvalue weighted by Gasteiger charge is -2.23.